The molecule has 4 rings (SSSR count). The highest BCUT2D eigenvalue weighted by atomic mass is 16.1. The Morgan fingerprint density at radius 1 is 0.852 bits per heavy atom. The number of carbonyl (C=O) groups excluding carboxylic acids is 1. The van der Waals surface area contributed by atoms with E-state index in [2.05, 4.69) is 19.8 Å². The molecule has 2 N–H and O–H groups in total. The van der Waals surface area contributed by atoms with Crippen LogP contribution < -0.4 is 15.5 Å². The first kappa shape index (κ1) is 17.0. The van der Waals surface area contributed by atoms with Crippen molar-refractivity contribution < 1.29 is 4.79 Å². The van der Waals surface area contributed by atoms with Crippen LogP contribution in [0.15, 0.2) is 61.2 Å². The van der Waals surface area contributed by atoms with Crippen LogP contribution in [0.3, 0.4) is 0 Å². The molecule has 1 saturated heterocycles. The van der Waals surface area contributed by atoms with Crippen molar-refractivity contribution in [2.45, 2.75) is 0 Å². The molecule has 3 aromatic rings. The van der Waals surface area contributed by atoms with Crippen molar-refractivity contribution in [3.8, 4) is 11.3 Å². The summed E-state index contributed by atoms with van der Waals surface area (Å²) in [5.74, 6) is 0.425. The van der Waals surface area contributed by atoms with E-state index in [1.54, 1.807) is 24.5 Å². The highest BCUT2D eigenvalue weighted by molar-refractivity contribution is 5.93. The minimum absolute atomic E-state index is 0.437. The summed E-state index contributed by atoms with van der Waals surface area (Å²) in [6.07, 6.45) is 7.17. The largest absolute Gasteiger partial charge is 0.368 e. The first-order chi connectivity index (χ1) is 13.2. The fourth-order valence-electron chi connectivity index (χ4n) is 3.20. The van der Waals surface area contributed by atoms with Crippen LogP contribution in [-0.2, 0) is 0 Å². The molecule has 0 spiro atoms. The average molecular weight is 360 g/mol. The molecule has 1 amide bonds. The second-order valence-corrected chi connectivity index (χ2v) is 6.38. The van der Waals surface area contributed by atoms with Crippen molar-refractivity contribution in [2.24, 2.45) is 5.73 Å². The second-order valence-electron chi connectivity index (χ2n) is 6.38. The number of pyridine rings is 1. The van der Waals surface area contributed by atoms with E-state index in [-0.39, 0.29) is 0 Å². The summed E-state index contributed by atoms with van der Waals surface area (Å²) in [6.45, 7) is 3.59. The Kier molecular flexibility index (Phi) is 4.65. The standard InChI is InChI=1S/C20H20N6O/c21-20(27)16-3-1-15(2-4-16)18-13-23-14-19(24-18)26-11-9-25(10-12-26)17-5-7-22-8-6-17/h1-8,13-14H,9-12H2,(H2,21,27). The average Bonchev–Trinajstić information content (AvgIpc) is 2.75. The SMILES string of the molecule is NC(=O)c1ccc(-c2cncc(N3CCN(c4ccncc4)CC3)n2)cc1. The zero-order valence-corrected chi connectivity index (χ0v) is 14.8. The van der Waals surface area contributed by atoms with E-state index < -0.39 is 5.91 Å². The van der Waals surface area contributed by atoms with Crippen molar-refractivity contribution >= 4 is 17.4 Å². The number of carbonyl (C=O) groups is 1. The molecule has 3 heterocycles. The van der Waals surface area contributed by atoms with Gasteiger partial charge in [-0.05, 0) is 24.3 Å². The predicted molar refractivity (Wildman–Crippen MR) is 105 cm³/mol. The molecule has 136 valence electrons. The molecule has 1 aromatic carbocycles. The highest BCUT2D eigenvalue weighted by Gasteiger charge is 2.19. The van der Waals surface area contributed by atoms with Gasteiger partial charge in [0.25, 0.3) is 0 Å². The number of rotatable bonds is 4. The van der Waals surface area contributed by atoms with Gasteiger partial charge in [0.1, 0.15) is 5.82 Å². The fraction of sp³-hybridized carbons (Fsp3) is 0.200. The van der Waals surface area contributed by atoms with Crippen molar-refractivity contribution in [1.82, 2.24) is 15.0 Å². The lowest BCUT2D eigenvalue weighted by Crippen LogP contribution is -2.46. The molecule has 0 atom stereocenters. The van der Waals surface area contributed by atoms with E-state index in [0.29, 0.717) is 5.56 Å². The lowest BCUT2D eigenvalue weighted by molar-refractivity contribution is 0.100. The number of piperazine rings is 1. The number of nitrogens with zero attached hydrogens (tertiary/aromatic N) is 5. The monoisotopic (exact) mass is 360 g/mol. The maximum Gasteiger partial charge on any atom is 0.248 e. The highest BCUT2D eigenvalue weighted by Crippen LogP contribution is 2.22. The van der Waals surface area contributed by atoms with Gasteiger partial charge < -0.3 is 15.5 Å². The van der Waals surface area contributed by atoms with Crippen LogP contribution in [0.2, 0.25) is 0 Å². The molecule has 27 heavy (non-hydrogen) atoms. The zero-order valence-electron chi connectivity index (χ0n) is 14.8. The number of hydrogen-bond donors (Lipinski definition) is 1. The first-order valence-electron chi connectivity index (χ1n) is 8.83. The molecular weight excluding hydrogens is 340 g/mol. The van der Waals surface area contributed by atoms with Crippen molar-refractivity contribution in [3.05, 3.63) is 66.7 Å². The van der Waals surface area contributed by atoms with Crippen LogP contribution >= 0.6 is 0 Å². The topological polar surface area (TPSA) is 88.2 Å². The van der Waals surface area contributed by atoms with Gasteiger partial charge in [-0.25, -0.2) is 4.98 Å². The second kappa shape index (κ2) is 7.41. The van der Waals surface area contributed by atoms with Gasteiger partial charge in [-0.1, -0.05) is 12.1 Å². The summed E-state index contributed by atoms with van der Waals surface area (Å²) in [6, 6.07) is 11.2. The maximum absolute atomic E-state index is 11.2. The normalized spacial score (nSPS) is 14.2. The van der Waals surface area contributed by atoms with E-state index in [0.717, 1.165) is 43.3 Å². The van der Waals surface area contributed by atoms with Crippen molar-refractivity contribution in [2.75, 3.05) is 36.0 Å². The lowest BCUT2D eigenvalue weighted by atomic mass is 10.1. The van der Waals surface area contributed by atoms with Crippen LogP contribution in [0.25, 0.3) is 11.3 Å². The number of benzene rings is 1. The van der Waals surface area contributed by atoms with Gasteiger partial charge in [0, 0.05) is 55.4 Å². The molecule has 0 aliphatic carbocycles. The summed E-state index contributed by atoms with van der Waals surface area (Å²) in [4.78, 5) is 29.0. The lowest BCUT2D eigenvalue weighted by Gasteiger charge is -2.36. The third-order valence-corrected chi connectivity index (χ3v) is 4.72. The Balaban J connectivity index is 1.47. The third-order valence-electron chi connectivity index (χ3n) is 4.72. The molecule has 1 aliphatic heterocycles. The van der Waals surface area contributed by atoms with Crippen molar-refractivity contribution in [1.29, 1.82) is 0 Å². The van der Waals surface area contributed by atoms with E-state index in [1.807, 2.05) is 36.7 Å². The molecule has 7 heteroatoms. The van der Waals surface area contributed by atoms with Crippen LogP contribution in [0, 0.1) is 0 Å². The van der Waals surface area contributed by atoms with Gasteiger partial charge in [0.15, 0.2) is 0 Å². The smallest absolute Gasteiger partial charge is 0.248 e. The van der Waals surface area contributed by atoms with Gasteiger partial charge in [-0.2, -0.15) is 0 Å². The molecule has 0 saturated carbocycles. The first-order valence-corrected chi connectivity index (χ1v) is 8.83. The number of hydrogen-bond acceptors (Lipinski definition) is 6. The molecule has 2 aromatic heterocycles. The Bertz CT molecular complexity index is 921. The summed E-state index contributed by atoms with van der Waals surface area (Å²) in [5.41, 5.74) is 8.66. The summed E-state index contributed by atoms with van der Waals surface area (Å²) in [5, 5.41) is 0. The van der Waals surface area contributed by atoms with Gasteiger partial charge in [0.2, 0.25) is 5.91 Å². The van der Waals surface area contributed by atoms with Crippen molar-refractivity contribution in [3.63, 3.8) is 0 Å². The molecule has 7 nitrogen and oxygen atoms in total. The summed E-state index contributed by atoms with van der Waals surface area (Å²) >= 11 is 0. The minimum atomic E-state index is -0.437. The molecule has 1 aliphatic rings. The number of aromatic nitrogens is 3. The Morgan fingerprint density at radius 3 is 2.19 bits per heavy atom. The van der Waals surface area contributed by atoms with E-state index in [9.17, 15) is 4.79 Å². The molecule has 0 unspecified atom stereocenters. The van der Waals surface area contributed by atoms with E-state index in [4.69, 9.17) is 10.7 Å². The van der Waals surface area contributed by atoms with Crippen LogP contribution in [0.4, 0.5) is 11.5 Å². The maximum atomic E-state index is 11.2. The molecule has 0 radical (unpaired) electrons. The van der Waals surface area contributed by atoms with Crippen LogP contribution in [0.5, 0.6) is 0 Å². The van der Waals surface area contributed by atoms with E-state index in [1.165, 1.54) is 5.69 Å². The zero-order chi connectivity index (χ0) is 18.6. The Hall–Kier alpha value is -3.48. The Morgan fingerprint density at radius 2 is 1.52 bits per heavy atom. The minimum Gasteiger partial charge on any atom is -0.368 e. The number of nitrogens with two attached hydrogens (primary N) is 1. The summed E-state index contributed by atoms with van der Waals surface area (Å²) in [7, 11) is 0. The molecule has 1 fully saturated rings. The molecular formula is C20H20N6O. The van der Waals surface area contributed by atoms with Gasteiger partial charge in [0.05, 0.1) is 18.1 Å². The fourth-order valence-corrected chi connectivity index (χ4v) is 3.20. The number of primary amides is 1. The van der Waals surface area contributed by atoms with Crippen LogP contribution in [-0.4, -0.2) is 47.0 Å². The van der Waals surface area contributed by atoms with Crippen LogP contribution in [0.1, 0.15) is 10.4 Å². The molecule has 0 bridgehead atoms. The summed E-state index contributed by atoms with van der Waals surface area (Å²) < 4.78 is 0. The van der Waals surface area contributed by atoms with Gasteiger partial charge in [-0.3, -0.25) is 14.8 Å². The predicted octanol–water partition coefficient (Wildman–Crippen LogP) is 1.96. The number of anilines is 2. The van der Waals surface area contributed by atoms with Gasteiger partial charge in [-0.15, -0.1) is 0 Å². The number of amides is 1. The third kappa shape index (κ3) is 3.72. The Labute approximate surface area is 157 Å². The quantitative estimate of drug-likeness (QED) is 0.765. The van der Waals surface area contributed by atoms with Gasteiger partial charge >= 0.3 is 0 Å². The van der Waals surface area contributed by atoms with E-state index >= 15 is 0 Å².